The van der Waals surface area contributed by atoms with E-state index in [1.54, 1.807) is 19.2 Å². The summed E-state index contributed by atoms with van der Waals surface area (Å²) in [6.07, 6.45) is -4.10. The second-order valence-corrected chi connectivity index (χ2v) is 7.11. The number of rotatable bonds is 9. The molecule has 0 unspecified atom stereocenters. The van der Waals surface area contributed by atoms with Crippen molar-refractivity contribution in [2.45, 2.75) is 12.7 Å². The van der Waals surface area contributed by atoms with Crippen LogP contribution >= 0.6 is 0 Å². The molecule has 10 nitrogen and oxygen atoms in total. The van der Waals surface area contributed by atoms with Gasteiger partial charge >= 0.3 is 12.0 Å². The molecule has 35 heavy (non-hydrogen) atoms. The zero-order valence-corrected chi connectivity index (χ0v) is 18.4. The molecule has 178 valence electrons. The number of oxime groups is 1. The number of nitrogens with one attached hydrogen (secondary N) is 1. The maximum Gasteiger partial charge on any atom is 0.482 e. The van der Waals surface area contributed by atoms with Gasteiger partial charge in [0.2, 0.25) is 5.82 Å². The Labute approximate surface area is 198 Å². The third kappa shape index (κ3) is 5.99. The normalized spacial score (nSPS) is 11.7. The van der Waals surface area contributed by atoms with Crippen molar-refractivity contribution in [1.29, 1.82) is 0 Å². The molecular formula is C23H19F2N7O3. The van der Waals surface area contributed by atoms with Crippen molar-refractivity contribution in [3.05, 3.63) is 95.9 Å². The Bertz CT molecular complexity index is 1310. The van der Waals surface area contributed by atoms with Gasteiger partial charge in [-0.1, -0.05) is 59.8 Å². The van der Waals surface area contributed by atoms with Crippen LogP contribution < -0.4 is 10.1 Å². The molecule has 0 bridgehead atoms. The van der Waals surface area contributed by atoms with Crippen molar-refractivity contribution in [2.75, 3.05) is 5.32 Å². The van der Waals surface area contributed by atoms with E-state index in [0.29, 0.717) is 17.2 Å². The number of para-hydroxylation sites is 1. The Morgan fingerprint density at radius 2 is 1.74 bits per heavy atom. The third-order valence-electron chi connectivity index (χ3n) is 4.55. The van der Waals surface area contributed by atoms with Gasteiger partial charge in [-0.25, -0.2) is 9.67 Å². The summed E-state index contributed by atoms with van der Waals surface area (Å²) in [5.74, 6) is -1.53. The van der Waals surface area contributed by atoms with Gasteiger partial charge in [0, 0.05) is 12.6 Å². The van der Waals surface area contributed by atoms with Crippen molar-refractivity contribution in [3.8, 4) is 5.75 Å². The number of tetrazole rings is 1. The van der Waals surface area contributed by atoms with Crippen molar-refractivity contribution in [1.82, 2.24) is 25.2 Å². The fourth-order valence-corrected chi connectivity index (χ4v) is 2.91. The average Bonchev–Trinajstić information content (AvgIpc) is 3.28. The number of pyridine rings is 1. The SMILES string of the molecule is Cn1nnnc1/C(=N/OCc1cccc(NC(=O)C(F)(F)Oc2ccccc2)n1)c1ccccc1. The maximum absolute atomic E-state index is 14.2. The van der Waals surface area contributed by atoms with Crippen LogP contribution in [0.1, 0.15) is 17.1 Å². The molecule has 2 aromatic carbocycles. The van der Waals surface area contributed by atoms with Crippen LogP contribution in [0.25, 0.3) is 0 Å². The summed E-state index contributed by atoms with van der Waals surface area (Å²) in [7, 11) is 1.67. The highest BCUT2D eigenvalue weighted by atomic mass is 19.3. The van der Waals surface area contributed by atoms with E-state index in [0.717, 1.165) is 5.56 Å². The van der Waals surface area contributed by atoms with Crippen LogP contribution in [-0.2, 0) is 23.3 Å². The van der Waals surface area contributed by atoms with E-state index in [1.807, 2.05) is 30.3 Å². The van der Waals surface area contributed by atoms with Gasteiger partial charge < -0.3 is 14.9 Å². The van der Waals surface area contributed by atoms with Crippen LogP contribution in [-0.4, -0.2) is 42.9 Å². The number of halogens is 2. The second kappa shape index (κ2) is 10.5. The number of ether oxygens (including phenoxy) is 1. The molecule has 12 heteroatoms. The Hall–Kier alpha value is -4.74. The summed E-state index contributed by atoms with van der Waals surface area (Å²) in [5.41, 5.74) is 1.45. The Morgan fingerprint density at radius 3 is 2.43 bits per heavy atom. The molecule has 0 aliphatic carbocycles. The number of hydrogen-bond donors (Lipinski definition) is 1. The first-order chi connectivity index (χ1) is 16.9. The molecule has 0 fully saturated rings. The van der Waals surface area contributed by atoms with Gasteiger partial charge in [-0.2, -0.15) is 8.78 Å². The number of aromatic nitrogens is 5. The molecule has 1 amide bonds. The highest BCUT2D eigenvalue weighted by Gasteiger charge is 2.42. The van der Waals surface area contributed by atoms with Crippen LogP contribution in [0.5, 0.6) is 5.75 Å². The predicted molar refractivity (Wildman–Crippen MR) is 121 cm³/mol. The molecule has 0 spiro atoms. The second-order valence-electron chi connectivity index (χ2n) is 7.11. The summed E-state index contributed by atoms with van der Waals surface area (Å²) in [5, 5.41) is 17.6. The number of carbonyl (C=O) groups is 1. The molecular weight excluding hydrogens is 460 g/mol. The molecule has 0 saturated heterocycles. The molecule has 0 saturated carbocycles. The first kappa shape index (κ1) is 23.4. The minimum atomic E-state index is -4.10. The summed E-state index contributed by atoms with van der Waals surface area (Å²) in [6, 6.07) is 21.0. The molecule has 2 heterocycles. The van der Waals surface area contributed by atoms with E-state index in [2.05, 4.69) is 35.7 Å². The predicted octanol–water partition coefficient (Wildman–Crippen LogP) is 3.18. The van der Waals surface area contributed by atoms with Gasteiger partial charge in [-0.3, -0.25) is 4.79 Å². The van der Waals surface area contributed by atoms with Crippen LogP contribution in [0.4, 0.5) is 14.6 Å². The summed E-state index contributed by atoms with van der Waals surface area (Å²) in [4.78, 5) is 21.6. The minimum absolute atomic E-state index is 0.0998. The Morgan fingerprint density at radius 1 is 1.03 bits per heavy atom. The maximum atomic E-state index is 14.2. The molecule has 0 aliphatic rings. The molecule has 0 aliphatic heterocycles. The van der Waals surface area contributed by atoms with Crippen LogP contribution in [0, 0.1) is 0 Å². The fourth-order valence-electron chi connectivity index (χ4n) is 2.91. The largest absolute Gasteiger partial charge is 0.482 e. The number of carbonyl (C=O) groups excluding carboxylic acids is 1. The first-order valence-electron chi connectivity index (χ1n) is 10.3. The van der Waals surface area contributed by atoms with Gasteiger partial charge in [0.1, 0.15) is 11.6 Å². The van der Waals surface area contributed by atoms with Crippen molar-refractivity contribution < 1.29 is 23.1 Å². The topological polar surface area (TPSA) is 116 Å². The number of benzene rings is 2. The van der Waals surface area contributed by atoms with Crippen molar-refractivity contribution in [3.63, 3.8) is 0 Å². The van der Waals surface area contributed by atoms with E-state index in [1.165, 1.54) is 41.1 Å². The molecule has 2 aromatic heterocycles. The smallest absolute Gasteiger partial charge is 0.425 e. The van der Waals surface area contributed by atoms with E-state index in [-0.39, 0.29) is 18.2 Å². The van der Waals surface area contributed by atoms with Gasteiger partial charge in [-0.15, -0.1) is 5.10 Å². The Balaban J connectivity index is 1.44. The molecule has 4 rings (SSSR count). The number of amides is 1. The number of hydrogen-bond acceptors (Lipinski definition) is 8. The zero-order valence-electron chi connectivity index (χ0n) is 18.4. The summed E-state index contributed by atoms with van der Waals surface area (Å²) < 4.78 is 34.3. The number of aryl methyl sites for hydroxylation is 1. The lowest BCUT2D eigenvalue weighted by atomic mass is 10.1. The molecule has 4 aromatic rings. The lowest BCUT2D eigenvalue weighted by Gasteiger charge is -2.17. The van der Waals surface area contributed by atoms with Crippen LogP contribution in [0.2, 0.25) is 0 Å². The lowest BCUT2D eigenvalue weighted by Crippen LogP contribution is -2.40. The number of nitrogens with zero attached hydrogens (tertiary/aromatic N) is 6. The van der Waals surface area contributed by atoms with Crippen molar-refractivity contribution in [2.24, 2.45) is 12.2 Å². The van der Waals surface area contributed by atoms with E-state index in [4.69, 9.17) is 4.84 Å². The van der Waals surface area contributed by atoms with Gasteiger partial charge in [-0.05, 0) is 34.7 Å². The van der Waals surface area contributed by atoms with Gasteiger partial charge in [0.25, 0.3) is 0 Å². The summed E-state index contributed by atoms with van der Waals surface area (Å²) in [6.45, 7) is -0.109. The molecule has 0 radical (unpaired) electrons. The highest BCUT2D eigenvalue weighted by molar-refractivity contribution is 6.10. The average molecular weight is 479 g/mol. The summed E-state index contributed by atoms with van der Waals surface area (Å²) >= 11 is 0. The van der Waals surface area contributed by atoms with E-state index >= 15 is 0 Å². The number of anilines is 1. The van der Waals surface area contributed by atoms with Crippen LogP contribution in [0.3, 0.4) is 0 Å². The van der Waals surface area contributed by atoms with Crippen molar-refractivity contribution >= 4 is 17.4 Å². The standard InChI is InChI=1S/C23H19F2N7O3/c1-32-21(28-30-31-32)20(16-9-4-2-5-10-16)29-34-15-17-11-8-14-19(26-17)27-22(33)23(24,25)35-18-12-6-3-7-13-18/h2-14H,15H2,1H3,(H,26,27,33)/b29-20+. The van der Waals surface area contributed by atoms with Gasteiger partial charge in [0.05, 0.1) is 5.69 Å². The van der Waals surface area contributed by atoms with E-state index < -0.39 is 12.0 Å². The Kier molecular flexibility index (Phi) is 7.00. The number of alkyl halides is 2. The van der Waals surface area contributed by atoms with E-state index in [9.17, 15) is 13.6 Å². The lowest BCUT2D eigenvalue weighted by molar-refractivity contribution is -0.187. The monoisotopic (exact) mass is 479 g/mol. The van der Waals surface area contributed by atoms with Crippen LogP contribution in [0.15, 0.2) is 84.0 Å². The molecule has 1 N–H and O–H groups in total. The quantitative estimate of drug-likeness (QED) is 0.289. The minimum Gasteiger partial charge on any atom is -0.425 e. The third-order valence-corrected chi connectivity index (χ3v) is 4.55. The molecule has 0 atom stereocenters. The zero-order chi connectivity index (χ0) is 24.7. The van der Waals surface area contributed by atoms with Gasteiger partial charge in [0.15, 0.2) is 12.3 Å². The highest BCUT2D eigenvalue weighted by Crippen LogP contribution is 2.22. The first-order valence-corrected chi connectivity index (χ1v) is 10.3. The fraction of sp³-hybridized carbons (Fsp3) is 0.130.